The van der Waals surface area contributed by atoms with Gasteiger partial charge < -0.3 is 9.84 Å². The number of rotatable bonds is 8. The number of hydrogen-bond donors (Lipinski definition) is 1. The molecule has 0 spiro atoms. The van der Waals surface area contributed by atoms with Crippen LogP contribution in [0.3, 0.4) is 0 Å². The SMILES string of the molecule is O=C(O)CCCSc1ccc(-c2cc(F)ccc2OC2CCCC2)cc1. The minimum atomic E-state index is -0.762. The number of ether oxygens (including phenoxy) is 1. The lowest BCUT2D eigenvalue weighted by molar-refractivity contribution is -0.137. The molecule has 0 bridgehead atoms. The molecule has 0 radical (unpaired) electrons. The highest BCUT2D eigenvalue weighted by molar-refractivity contribution is 7.99. The molecule has 1 aliphatic carbocycles. The molecule has 3 nitrogen and oxygen atoms in total. The van der Waals surface area contributed by atoms with Gasteiger partial charge in [-0.05, 0) is 73.8 Å². The first kappa shape index (κ1) is 18.8. The van der Waals surface area contributed by atoms with Crippen molar-refractivity contribution >= 4 is 17.7 Å². The largest absolute Gasteiger partial charge is 0.490 e. The lowest BCUT2D eigenvalue weighted by atomic mass is 10.0. The van der Waals surface area contributed by atoms with Crippen LogP contribution in [-0.2, 0) is 4.79 Å². The van der Waals surface area contributed by atoms with Crippen molar-refractivity contribution in [2.24, 2.45) is 0 Å². The van der Waals surface area contributed by atoms with Gasteiger partial charge in [0, 0.05) is 16.9 Å². The molecular formula is C21H23FO3S. The Morgan fingerprint density at radius 3 is 2.58 bits per heavy atom. The molecule has 1 aliphatic rings. The summed E-state index contributed by atoms with van der Waals surface area (Å²) >= 11 is 1.63. The topological polar surface area (TPSA) is 46.5 Å². The van der Waals surface area contributed by atoms with Gasteiger partial charge in [0.2, 0.25) is 0 Å². The summed E-state index contributed by atoms with van der Waals surface area (Å²) in [4.78, 5) is 11.6. The number of carbonyl (C=O) groups is 1. The molecule has 0 amide bonds. The molecule has 1 fully saturated rings. The van der Waals surface area contributed by atoms with E-state index in [0.717, 1.165) is 40.4 Å². The van der Waals surface area contributed by atoms with Crippen LogP contribution in [0.15, 0.2) is 47.4 Å². The standard InChI is InChI=1S/C21H23FO3S/c22-16-9-12-20(25-17-4-1-2-5-17)19(14-16)15-7-10-18(11-8-15)26-13-3-6-21(23)24/h7-12,14,17H,1-6,13H2,(H,23,24). The normalized spacial score (nSPS) is 14.5. The Hall–Kier alpha value is -2.01. The first-order valence-electron chi connectivity index (χ1n) is 9.03. The summed E-state index contributed by atoms with van der Waals surface area (Å²) in [7, 11) is 0. The van der Waals surface area contributed by atoms with Gasteiger partial charge in [-0.25, -0.2) is 4.39 Å². The monoisotopic (exact) mass is 374 g/mol. The van der Waals surface area contributed by atoms with Crippen molar-refractivity contribution in [1.82, 2.24) is 0 Å². The molecule has 0 unspecified atom stereocenters. The Morgan fingerprint density at radius 2 is 1.88 bits per heavy atom. The molecule has 138 valence electrons. The smallest absolute Gasteiger partial charge is 0.303 e. The van der Waals surface area contributed by atoms with Crippen LogP contribution in [-0.4, -0.2) is 22.9 Å². The Balaban J connectivity index is 1.69. The Bertz CT molecular complexity index is 739. The van der Waals surface area contributed by atoms with Crippen LogP contribution in [0.25, 0.3) is 11.1 Å². The molecule has 0 aromatic heterocycles. The van der Waals surface area contributed by atoms with Gasteiger partial charge in [0.1, 0.15) is 11.6 Å². The lowest BCUT2D eigenvalue weighted by Gasteiger charge is -2.17. The summed E-state index contributed by atoms with van der Waals surface area (Å²) < 4.78 is 19.9. The summed E-state index contributed by atoms with van der Waals surface area (Å²) in [6.07, 6.45) is 5.56. The minimum absolute atomic E-state index is 0.191. The maximum absolute atomic E-state index is 13.8. The van der Waals surface area contributed by atoms with Crippen molar-refractivity contribution in [1.29, 1.82) is 0 Å². The molecule has 2 aromatic carbocycles. The summed E-state index contributed by atoms with van der Waals surface area (Å²) in [6, 6.07) is 12.6. The third kappa shape index (κ3) is 5.24. The minimum Gasteiger partial charge on any atom is -0.490 e. The van der Waals surface area contributed by atoms with Crippen molar-refractivity contribution < 1.29 is 19.0 Å². The number of hydrogen-bond acceptors (Lipinski definition) is 3. The average Bonchev–Trinajstić information content (AvgIpc) is 3.14. The summed E-state index contributed by atoms with van der Waals surface area (Å²) in [6.45, 7) is 0. The second-order valence-electron chi connectivity index (χ2n) is 6.53. The van der Waals surface area contributed by atoms with Gasteiger partial charge in [-0.3, -0.25) is 4.79 Å². The lowest BCUT2D eigenvalue weighted by Crippen LogP contribution is -2.11. The van der Waals surface area contributed by atoms with E-state index in [1.165, 1.54) is 25.0 Å². The number of aliphatic carboxylic acids is 1. The Morgan fingerprint density at radius 1 is 1.15 bits per heavy atom. The third-order valence-electron chi connectivity index (χ3n) is 4.51. The van der Waals surface area contributed by atoms with Gasteiger partial charge in [0.15, 0.2) is 0 Å². The van der Waals surface area contributed by atoms with Crippen molar-refractivity contribution in [3.63, 3.8) is 0 Å². The maximum atomic E-state index is 13.8. The molecule has 26 heavy (non-hydrogen) atoms. The molecule has 5 heteroatoms. The quantitative estimate of drug-likeness (QED) is 0.470. The van der Waals surface area contributed by atoms with Gasteiger partial charge in [0.25, 0.3) is 0 Å². The average molecular weight is 374 g/mol. The van der Waals surface area contributed by atoms with Crippen LogP contribution in [0.2, 0.25) is 0 Å². The number of thioether (sulfide) groups is 1. The van der Waals surface area contributed by atoms with E-state index < -0.39 is 5.97 Å². The van der Waals surface area contributed by atoms with E-state index in [0.29, 0.717) is 6.42 Å². The third-order valence-corrected chi connectivity index (χ3v) is 5.60. The highest BCUT2D eigenvalue weighted by Crippen LogP contribution is 2.35. The van der Waals surface area contributed by atoms with E-state index in [4.69, 9.17) is 9.84 Å². The Kier molecular flexibility index (Phi) is 6.56. The fourth-order valence-corrected chi connectivity index (χ4v) is 4.01. The fourth-order valence-electron chi connectivity index (χ4n) is 3.16. The van der Waals surface area contributed by atoms with E-state index in [1.54, 1.807) is 17.8 Å². The molecule has 2 aromatic rings. The van der Waals surface area contributed by atoms with Crippen LogP contribution in [0.4, 0.5) is 4.39 Å². The molecule has 3 rings (SSSR count). The van der Waals surface area contributed by atoms with Gasteiger partial charge in [0.05, 0.1) is 6.10 Å². The molecule has 0 aliphatic heterocycles. The van der Waals surface area contributed by atoms with Gasteiger partial charge in [-0.15, -0.1) is 11.8 Å². The maximum Gasteiger partial charge on any atom is 0.303 e. The molecule has 0 atom stereocenters. The predicted octanol–water partition coefficient (Wildman–Crippen LogP) is 5.77. The first-order chi connectivity index (χ1) is 12.6. The summed E-state index contributed by atoms with van der Waals surface area (Å²) in [5.74, 6) is 0.467. The zero-order valence-electron chi connectivity index (χ0n) is 14.6. The van der Waals surface area contributed by atoms with Crippen LogP contribution in [0.1, 0.15) is 38.5 Å². The fraction of sp³-hybridized carbons (Fsp3) is 0.381. The molecule has 1 saturated carbocycles. The van der Waals surface area contributed by atoms with E-state index in [2.05, 4.69) is 0 Å². The first-order valence-corrected chi connectivity index (χ1v) is 10.0. The van der Waals surface area contributed by atoms with Crippen molar-refractivity contribution in [3.05, 3.63) is 48.3 Å². The highest BCUT2D eigenvalue weighted by Gasteiger charge is 2.18. The number of benzene rings is 2. The van der Waals surface area contributed by atoms with Gasteiger partial charge >= 0.3 is 5.97 Å². The van der Waals surface area contributed by atoms with Crippen LogP contribution < -0.4 is 4.74 Å². The summed E-state index contributed by atoms with van der Waals surface area (Å²) in [5.41, 5.74) is 1.70. The van der Waals surface area contributed by atoms with Crippen molar-refractivity contribution in [2.75, 3.05) is 5.75 Å². The predicted molar refractivity (Wildman–Crippen MR) is 102 cm³/mol. The summed E-state index contributed by atoms with van der Waals surface area (Å²) in [5, 5.41) is 8.67. The van der Waals surface area contributed by atoms with E-state index >= 15 is 0 Å². The van der Waals surface area contributed by atoms with Crippen molar-refractivity contribution in [3.8, 4) is 16.9 Å². The van der Waals surface area contributed by atoms with E-state index in [-0.39, 0.29) is 18.3 Å². The van der Waals surface area contributed by atoms with Crippen LogP contribution in [0, 0.1) is 5.82 Å². The van der Waals surface area contributed by atoms with Crippen molar-refractivity contribution in [2.45, 2.75) is 49.5 Å². The zero-order valence-corrected chi connectivity index (χ0v) is 15.4. The zero-order chi connectivity index (χ0) is 18.4. The highest BCUT2D eigenvalue weighted by atomic mass is 32.2. The number of carboxylic acid groups (broad SMARTS) is 1. The number of halogens is 1. The van der Waals surface area contributed by atoms with Crippen LogP contribution in [0.5, 0.6) is 5.75 Å². The van der Waals surface area contributed by atoms with Gasteiger partial charge in [-0.2, -0.15) is 0 Å². The Labute approximate surface area is 157 Å². The van der Waals surface area contributed by atoms with E-state index in [9.17, 15) is 9.18 Å². The van der Waals surface area contributed by atoms with E-state index in [1.807, 2.05) is 24.3 Å². The molecular weight excluding hydrogens is 351 g/mol. The number of carboxylic acids is 1. The second kappa shape index (κ2) is 9.08. The molecule has 0 saturated heterocycles. The van der Waals surface area contributed by atoms with Crippen LogP contribution >= 0.6 is 11.8 Å². The van der Waals surface area contributed by atoms with Gasteiger partial charge in [-0.1, -0.05) is 12.1 Å². The second-order valence-corrected chi connectivity index (χ2v) is 7.70. The molecule has 1 N–H and O–H groups in total. The molecule has 0 heterocycles.